The molecule has 1 amide bonds. The molecule has 1 heterocycles. The number of hydrogen-bond acceptors (Lipinski definition) is 5. The number of pyridine rings is 1. The van der Waals surface area contributed by atoms with Crippen molar-refractivity contribution in [2.24, 2.45) is 0 Å². The number of hydrogen-bond donors (Lipinski definition) is 3. The van der Waals surface area contributed by atoms with Gasteiger partial charge in [0.05, 0.1) is 17.9 Å². The lowest BCUT2D eigenvalue weighted by molar-refractivity contribution is 0.0954. The van der Waals surface area contributed by atoms with Crippen molar-refractivity contribution < 1.29 is 13.9 Å². The van der Waals surface area contributed by atoms with E-state index in [-0.39, 0.29) is 11.6 Å². The summed E-state index contributed by atoms with van der Waals surface area (Å²) in [4.78, 5) is 16.4. The fraction of sp³-hybridized carbons (Fsp3) is 0.294. The number of amides is 1. The second-order valence-corrected chi connectivity index (χ2v) is 5.00. The Kier molecular flexibility index (Phi) is 7.13. The maximum Gasteiger partial charge on any atom is 0.255 e. The van der Waals surface area contributed by atoms with Gasteiger partial charge in [-0.05, 0) is 24.3 Å². The van der Waals surface area contributed by atoms with Crippen LogP contribution in [0.5, 0.6) is 0 Å². The molecule has 1 aromatic carbocycles. The molecular formula is C17H21FN4O2. The second kappa shape index (κ2) is 9.59. The molecule has 0 spiro atoms. The average molecular weight is 332 g/mol. The first-order valence-corrected chi connectivity index (χ1v) is 7.67. The van der Waals surface area contributed by atoms with E-state index in [2.05, 4.69) is 20.9 Å². The predicted molar refractivity (Wildman–Crippen MR) is 91.0 cm³/mol. The average Bonchev–Trinajstić information content (AvgIpc) is 2.60. The molecule has 3 N–H and O–H groups in total. The fourth-order valence-electron chi connectivity index (χ4n) is 2.04. The summed E-state index contributed by atoms with van der Waals surface area (Å²) in [5.41, 5.74) is 0.629. The predicted octanol–water partition coefficient (Wildman–Crippen LogP) is 1.93. The van der Waals surface area contributed by atoms with Gasteiger partial charge in [0.1, 0.15) is 11.6 Å². The number of rotatable bonds is 9. The minimum absolute atomic E-state index is 0.268. The molecule has 2 rings (SSSR count). The summed E-state index contributed by atoms with van der Waals surface area (Å²) in [5.74, 6) is -0.361. The zero-order valence-corrected chi connectivity index (χ0v) is 13.5. The summed E-state index contributed by atoms with van der Waals surface area (Å²) < 4.78 is 18.7. The molecule has 0 aliphatic carbocycles. The largest absolute Gasteiger partial charge is 0.383 e. The van der Waals surface area contributed by atoms with Gasteiger partial charge in [0.15, 0.2) is 0 Å². The van der Waals surface area contributed by atoms with Crippen LogP contribution in [0.15, 0.2) is 42.6 Å². The highest BCUT2D eigenvalue weighted by atomic mass is 19.1. The minimum Gasteiger partial charge on any atom is -0.383 e. The van der Waals surface area contributed by atoms with Crippen molar-refractivity contribution in [1.82, 2.24) is 15.6 Å². The molecule has 0 saturated heterocycles. The smallest absolute Gasteiger partial charge is 0.255 e. The van der Waals surface area contributed by atoms with Crippen LogP contribution in [0.2, 0.25) is 0 Å². The number of benzene rings is 1. The maximum atomic E-state index is 13.7. The molecule has 0 radical (unpaired) electrons. The third kappa shape index (κ3) is 5.29. The number of carbonyl (C=O) groups excluding carboxylic acids is 1. The molecule has 7 heteroatoms. The maximum absolute atomic E-state index is 13.7. The summed E-state index contributed by atoms with van der Waals surface area (Å²) in [6.45, 7) is 2.44. The van der Waals surface area contributed by atoms with E-state index in [4.69, 9.17) is 4.74 Å². The lowest BCUT2D eigenvalue weighted by Crippen LogP contribution is -2.33. The van der Waals surface area contributed by atoms with Crippen molar-refractivity contribution >= 4 is 17.4 Å². The van der Waals surface area contributed by atoms with Gasteiger partial charge in [-0.1, -0.05) is 12.1 Å². The number of ether oxygens (including phenoxy) is 1. The molecule has 0 aliphatic heterocycles. The Morgan fingerprint density at radius 2 is 2.00 bits per heavy atom. The SMILES string of the molecule is COCCNCCNC(=O)c1cccnc1Nc1ccccc1F. The zero-order chi connectivity index (χ0) is 17.2. The molecule has 1 aromatic heterocycles. The second-order valence-electron chi connectivity index (χ2n) is 5.00. The monoisotopic (exact) mass is 332 g/mol. The van der Waals surface area contributed by atoms with E-state index in [0.717, 1.165) is 6.54 Å². The van der Waals surface area contributed by atoms with Crippen LogP contribution in [-0.4, -0.2) is 44.2 Å². The number of aromatic nitrogens is 1. The van der Waals surface area contributed by atoms with Crippen LogP contribution in [-0.2, 0) is 4.74 Å². The van der Waals surface area contributed by atoms with Gasteiger partial charge in [0.25, 0.3) is 5.91 Å². The Balaban J connectivity index is 1.95. The number of para-hydroxylation sites is 1. The van der Waals surface area contributed by atoms with Gasteiger partial charge in [0.2, 0.25) is 0 Å². The summed E-state index contributed by atoms with van der Waals surface area (Å²) >= 11 is 0. The third-order valence-corrected chi connectivity index (χ3v) is 3.25. The molecule has 0 fully saturated rings. The van der Waals surface area contributed by atoms with E-state index >= 15 is 0 Å². The van der Waals surface area contributed by atoms with Crippen molar-refractivity contribution in [1.29, 1.82) is 0 Å². The molecule has 6 nitrogen and oxygen atoms in total. The number of carbonyl (C=O) groups is 1. The van der Waals surface area contributed by atoms with Crippen LogP contribution in [0.1, 0.15) is 10.4 Å². The number of anilines is 2. The van der Waals surface area contributed by atoms with Crippen molar-refractivity contribution in [3.8, 4) is 0 Å². The van der Waals surface area contributed by atoms with Gasteiger partial charge in [-0.25, -0.2) is 9.37 Å². The van der Waals surface area contributed by atoms with Crippen LogP contribution < -0.4 is 16.0 Å². The molecule has 128 valence electrons. The highest BCUT2D eigenvalue weighted by molar-refractivity contribution is 5.99. The minimum atomic E-state index is -0.406. The summed E-state index contributed by atoms with van der Waals surface area (Å²) in [6, 6.07) is 9.55. The van der Waals surface area contributed by atoms with E-state index in [9.17, 15) is 9.18 Å². The van der Waals surface area contributed by atoms with Crippen molar-refractivity contribution in [2.75, 3.05) is 38.7 Å². The van der Waals surface area contributed by atoms with Gasteiger partial charge in [-0.3, -0.25) is 4.79 Å². The zero-order valence-electron chi connectivity index (χ0n) is 13.5. The summed E-state index contributed by atoms with van der Waals surface area (Å²) in [5, 5.41) is 8.80. The highest BCUT2D eigenvalue weighted by Crippen LogP contribution is 2.20. The first-order chi connectivity index (χ1) is 11.7. The topological polar surface area (TPSA) is 75.3 Å². The van der Waals surface area contributed by atoms with Crippen molar-refractivity contribution in [3.63, 3.8) is 0 Å². The molecule has 0 saturated carbocycles. The van der Waals surface area contributed by atoms with Crippen LogP contribution in [0.4, 0.5) is 15.9 Å². The van der Waals surface area contributed by atoms with Crippen molar-refractivity contribution in [2.45, 2.75) is 0 Å². The fourth-order valence-corrected chi connectivity index (χ4v) is 2.04. The van der Waals surface area contributed by atoms with E-state index in [0.29, 0.717) is 31.1 Å². The van der Waals surface area contributed by atoms with Gasteiger partial charge in [-0.2, -0.15) is 0 Å². The summed E-state index contributed by atoms with van der Waals surface area (Å²) in [6.07, 6.45) is 1.55. The van der Waals surface area contributed by atoms with Crippen molar-refractivity contribution in [3.05, 3.63) is 54.0 Å². The number of methoxy groups -OCH3 is 1. The van der Waals surface area contributed by atoms with Crippen LogP contribution in [0.25, 0.3) is 0 Å². The Hall–Kier alpha value is -2.51. The highest BCUT2D eigenvalue weighted by Gasteiger charge is 2.13. The molecule has 0 unspecified atom stereocenters. The van der Waals surface area contributed by atoms with Gasteiger partial charge in [-0.15, -0.1) is 0 Å². The van der Waals surface area contributed by atoms with Crippen LogP contribution in [0, 0.1) is 5.82 Å². The molecule has 2 aromatic rings. The normalized spacial score (nSPS) is 10.4. The van der Waals surface area contributed by atoms with E-state index in [1.807, 2.05) is 0 Å². The van der Waals surface area contributed by atoms with E-state index in [1.54, 1.807) is 43.6 Å². The number of nitrogens with one attached hydrogen (secondary N) is 3. The molecule has 0 bridgehead atoms. The molecule has 0 atom stereocenters. The van der Waals surface area contributed by atoms with Gasteiger partial charge in [0, 0.05) is 32.9 Å². The Morgan fingerprint density at radius 1 is 1.17 bits per heavy atom. The van der Waals surface area contributed by atoms with Crippen LogP contribution >= 0.6 is 0 Å². The lowest BCUT2D eigenvalue weighted by atomic mass is 10.2. The summed E-state index contributed by atoms with van der Waals surface area (Å²) in [7, 11) is 1.63. The first-order valence-electron chi connectivity index (χ1n) is 7.67. The van der Waals surface area contributed by atoms with Gasteiger partial charge < -0.3 is 20.7 Å². The number of nitrogens with zero attached hydrogens (tertiary/aromatic N) is 1. The molecule has 0 aliphatic rings. The Morgan fingerprint density at radius 3 is 2.79 bits per heavy atom. The van der Waals surface area contributed by atoms with Gasteiger partial charge >= 0.3 is 0 Å². The molecule has 24 heavy (non-hydrogen) atoms. The van der Waals surface area contributed by atoms with E-state index in [1.165, 1.54) is 6.07 Å². The van der Waals surface area contributed by atoms with Crippen LogP contribution in [0.3, 0.4) is 0 Å². The molecular weight excluding hydrogens is 311 g/mol. The quantitative estimate of drug-likeness (QED) is 0.612. The number of halogens is 1. The standard InChI is InChI=1S/C17H21FN4O2/c1-24-12-11-19-9-10-21-17(23)13-5-4-8-20-16(13)22-15-7-3-2-6-14(15)18/h2-8,19H,9-12H2,1H3,(H,20,22)(H,21,23). The first kappa shape index (κ1) is 17.8. The van der Waals surface area contributed by atoms with E-state index < -0.39 is 5.82 Å². The lowest BCUT2D eigenvalue weighted by Gasteiger charge is -2.12. The third-order valence-electron chi connectivity index (χ3n) is 3.25. The Labute approximate surface area is 140 Å². The Bertz CT molecular complexity index is 667.